The van der Waals surface area contributed by atoms with E-state index in [1.54, 1.807) is 24.0 Å². The van der Waals surface area contributed by atoms with Crippen LogP contribution in [-0.2, 0) is 14.3 Å². The van der Waals surface area contributed by atoms with Crippen LogP contribution >= 0.6 is 0 Å². The second-order valence-electron chi connectivity index (χ2n) is 6.66. The molecule has 7 heteroatoms. The van der Waals surface area contributed by atoms with E-state index in [1.807, 2.05) is 18.2 Å². The van der Waals surface area contributed by atoms with Crippen LogP contribution < -0.4 is 4.90 Å². The number of hydrogen-bond donors (Lipinski definition) is 0. The number of fused-ring (bicyclic) bond motifs is 3. The molecular formula is C18H20N2O5. The Kier molecular flexibility index (Phi) is 3.67. The Hall–Kier alpha value is -2.57. The highest BCUT2D eigenvalue weighted by molar-refractivity contribution is 6.01. The van der Waals surface area contributed by atoms with Gasteiger partial charge < -0.3 is 9.47 Å². The van der Waals surface area contributed by atoms with E-state index in [1.165, 1.54) is 4.90 Å². The van der Waals surface area contributed by atoms with E-state index in [0.717, 1.165) is 6.42 Å². The molecule has 0 aliphatic carbocycles. The van der Waals surface area contributed by atoms with Gasteiger partial charge in [-0.1, -0.05) is 18.2 Å². The lowest BCUT2D eigenvalue weighted by atomic mass is 9.84. The number of benzene rings is 1. The highest BCUT2D eigenvalue weighted by atomic mass is 16.6. The first-order valence-corrected chi connectivity index (χ1v) is 8.61. The zero-order valence-corrected chi connectivity index (χ0v) is 14.0. The van der Waals surface area contributed by atoms with Crippen LogP contribution in [0, 0.1) is 0 Å². The minimum Gasteiger partial charge on any atom is -0.450 e. The number of nitrogens with zero attached hydrogens (tertiary/aromatic N) is 2. The first-order chi connectivity index (χ1) is 12.1. The zero-order valence-electron chi connectivity index (χ0n) is 14.0. The van der Waals surface area contributed by atoms with Gasteiger partial charge in [0.15, 0.2) is 5.78 Å². The Morgan fingerprint density at radius 3 is 2.76 bits per heavy atom. The van der Waals surface area contributed by atoms with Crippen LogP contribution in [-0.4, -0.2) is 53.7 Å². The van der Waals surface area contributed by atoms with Crippen molar-refractivity contribution in [3.63, 3.8) is 0 Å². The van der Waals surface area contributed by atoms with Crippen molar-refractivity contribution in [3.8, 4) is 0 Å². The van der Waals surface area contributed by atoms with Crippen molar-refractivity contribution in [2.75, 3.05) is 18.1 Å². The molecule has 0 radical (unpaired) electrons. The first-order valence-electron chi connectivity index (χ1n) is 8.61. The maximum Gasteiger partial charge on any atom is 0.415 e. The van der Waals surface area contributed by atoms with Crippen molar-refractivity contribution in [2.24, 2.45) is 0 Å². The molecular weight excluding hydrogens is 324 g/mol. The predicted octanol–water partition coefficient (Wildman–Crippen LogP) is 2.34. The molecule has 0 unspecified atom stereocenters. The smallest absolute Gasteiger partial charge is 0.415 e. The van der Waals surface area contributed by atoms with Gasteiger partial charge in [-0.15, -0.1) is 0 Å². The molecule has 2 bridgehead atoms. The van der Waals surface area contributed by atoms with Gasteiger partial charge >= 0.3 is 12.2 Å². The summed E-state index contributed by atoms with van der Waals surface area (Å²) in [5, 5.41) is 0. The van der Waals surface area contributed by atoms with Gasteiger partial charge in [0.1, 0.15) is 0 Å². The van der Waals surface area contributed by atoms with Crippen molar-refractivity contribution >= 4 is 23.7 Å². The SMILES string of the molecule is CCOC(=O)N1[C@H]2CC[C@@H]1[C@]1(CN(c3ccccc3)C(=O)O1)C(=O)C2. The number of piperidine rings is 1. The number of carbonyl (C=O) groups is 3. The second-order valence-corrected chi connectivity index (χ2v) is 6.66. The molecule has 1 aromatic rings. The molecule has 3 fully saturated rings. The number of anilines is 1. The third-order valence-corrected chi connectivity index (χ3v) is 5.36. The van der Waals surface area contributed by atoms with Crippen LogP contribution in [0.25, 0.3) is 0 Å². The Balaban J connectivity index is 1.67. The Morgan fingerprint density at radius 2 is 2.04 bits per heavy atom. The lowest BCUT2D eigenvalue weighted by molar-refractivity contribution is -0.145. The summed E-state index contributed by atoms with van der Waals surface area (Å²) in [5.74, 6) is -0.104. The molecule has 7 nitrogen and oxygen atoms in total. The molecule has 3 atom stereocenters. The highest BCUT2D eigenvalue weighted by Crippen LogP contribution is 2.45. The average molecular weight is 344 g/mol. The van der Waals surface area contributed by atoms with Crippen molar-refractivity contribution < 1.29 is 23.9 Å². The summed E-state index contributed by atoms with van der Waals surface area (Å²) in [6, 6.07) is 8.49. The van der Waals surface area contributed by atoms with Gasteiger partial charge in [0.2, 0.25) is 5.60 Å². The molecule has 4 rings (SSSR count). The van der Waals surface area contributed by atoms with E-state index in [4.69, 9.17) is 9.47 Å². The number of carbonyl (C=O) groups excluding carboxylic acids is 3. The van der Waals surface area contributed by atoms with Crippen LogP contribution in [0.15, 0.2) is 30.3 Å². The second kappa shape index (κ2) is 5.75. The minimum absolute atomic E-state index is 0.104. The molecule has 3 heterocycles. The third-order valence-electron chi connectivity index (χ3n) is 5.36. The summed E-state index contributed by atoms with van der Waals surface area (Å²) in [6.07, 6.45) is 0.570. The molecule has 25 heavy (non-hydrogen) atoms. The lowest BCUT2D eigenvalue weighted by Gasteiger charge is -2.42. The third kappa shape index (κ3) is 2.29. The summed E-state index contributed by atoms with van der Waals surface area (Å²) >= 11 is 0. The molecule has 1 aromatic carbocycles. The lowest BCUT2D eigenvalue weighted by Crippen LogP contribution is -2.64. The summed E-state index contributed by atoms with van der Waals surface area (Å²) in [4.78, 5) is 40.8. The van der Waals surface area contributed by atoms with E-state index in [-0.39, 0.29) is 31.4 Å². The van der Waals surface area contributed by atoms with E-state index < -0.39 is 23.8 Å². The van der Waals surface area contributed by atoms with Gasteiger partial charge in [-0.2, -0.15) is 0 Å². The van der Waals surface area contributed by atoms with Gasteiger partial charge in [-0.3, -0.25) is 14.6 Å². The number of amides is 2. The summed E-state index contributed by atoms with van der Waals surface area (Å²) < 4.78 is 10.8. The van der Waals surface area contributed by atoms with Crippen molar-refractivity contribution in [1.29, 1.82) is 0 Å². The van der Waals surface area contributed by atoms with E-state index in [0.29, 0.717) is 12.1 Å². The molecule has 0 N–H and O–H groups in total. The van der Waals surface area contributed by atoms with Gasteiger partial charge in [0.25, 0.3) is 0 Å². The monoisotopic (exact) mass is 344 g/mol. The summed E-state index contributed by atoms with van der Waals surface area (Å²) in [5.41, 5.74) is -0.618. The topological polar surface area (TPSA) is 76.2 Å². The Labute approximate surface area is 145 Å². The summed E-state index contributed by atoms with van der Waals surface area (Å²) in [7, 11) is 0. The van der Waals surface area contributed by atoms with E-state index in [2.05, 4.69) is 0 Å². The average Bonchev–Trinajstić information content (AvgIpc) is 3.14. The molecule has 132 valence electrons. The molecule has 0 saturated carbocycles. The Morgan fingerprint density at radius 1 is 1.28 bits per heavy atom. The number of ketones is 1. The minimum atomic E-state index is -1.30. The molecule has 3 aliphatic heterocycles. The van der Waals surface area contributed by atoms with E-state index >= 15 is 0 Å². The fourth-order valence-corrected chi connectivity index (χ4v) is 4.25. The van der Waals surface area contributed by atoms with Crippen LogP contribution in [0.4, 0.5) is 15.3 Å². The largest absolute Gasteiger partial charge is 0.450 e. The number of Topliss-reactive ketones (excluding diaryl/α,β-unsaturated/α-hetero) is 1. The van der Waals surface area contributed by atoms with Crippen LogP contribution in [0.2, 0.25) is 0 Å². The summed E-state index contributed by atoms with van der Waals surface area (Å²) in [6.45, 7) is 2.14. The van der Waals surface area contributed by atoms with Crippen molar-refractivity contribution in [1.82, 2.24) is 4.90 Å². The van der Waals surface area contributed by atoms with Crippen LogP contribution in [0.1, 0.15) is 26.2 Å². The van der Waals surface area contributed by atoms with Gasteiger partial charge in [0.05, 0.1) is 19.2 Å². The Bertz CT molecular complexity index is 721. The zero-order chi connectivity index (χ0) is 17.6. The fraction of sp³-hybridized carbons (Fsp3) is 0.500. The molecule has 1 spiro atoms. The molecule has 3 aliphatic rings. The van der Waals surface area contributed by atoms with Crippen molar-refractivity contribution in [2.45, 2.75) is 43.9 Å². The maximum absolute atomic E-state index is 12.8. The van der Waals surface area contributed by atoms with Gasteiger partial charge in [-0.05, 0) is 31.9 Å². The predicted molar refractivity (Wildman–Crippen MR) is 88.3 cm³/mol. The number of ether oxygens (including phenoxy) is 2. The van der Waals surface area contributed by atoms with Crippen LogP contribution in [0.3, 0.4) is 0 Å². The molecule has 2 amide bonds. The number of para-hydroxylation sites is 1. The van der Waals surface area contributed by atoms with Gasteiger partial charge in [0, 0.05) is 18.2 Å². The van der Waals surface area contributed by atoms with E-state index in [9.17, 15) is 14.4 Å². The number of rotatable bonds is 2. The standard InChI is InChI=1S/C18H20N2O5/c1-2-24-17(23)20-13-8-9-14(20)18(15(21)10-13)11-19(16(22)25-18)12-6-4-3-5-7-12/h3-7,13-14H,2,8-11H2,1H3/t13-,14+,18+/m0/s1. The van der Waals surface area contributed by atoms with Crippen molar-refractivity contribution in [3.05, 3.63) is 30.3 Å². The van der Waals surface area contributed by atoms with Crippen LogP contribution in [0.5, 0.6) is 0 Å². The maximum atomic E-state index is 12.8. The van der Waals surface area contributed by atoms with Gasteiger partial charge in [-0.25, -0.2) is 9.59 Å². The normalized spacial score (nSPS) is 30.8. The fourth-order valence-electron chi connectivity index (χ4n) is 4.25. The molecule has 0 aromatic heterocycles. The molecule has 3 saturated heterocycles. The number of hydrogen-bond acceptors (Lipinski definition) is 5. The first kappa shape index (κ1) is 15.9. The highest BCUT2D eigenvalue weighted by Gasteiger charge is 2.65. The quantitative estimate of drug-likeness (QED) is 0.823.